The van der Waals surface area contributed by atoms with Crippen LogP contribution in [0.25, 0.3) is 0 Å². The summed E-state index contributed by atoms with van der Waals surface area (Å²) in [5, 5.41) is 0. The Hall–Kier alpha value is -1.22. The zero-order valence-electron chi connectivity index (χ0n) is 10.3. The highest BCUT2D eigenvalue weighted by Gasteiger charge is 2.07. The van der Waals surface area contributed by atoms with Gasteiger partial charge in [-0.05, 0) is 24.1 Å². The second-order valence-corrected chi connectivity index (χ2v) is 4.23. The topological polar surface area (TPSA) is 29.5 Å². The van der Waals surface area contributed by atoms with Crippen molar-refractivity contribution in [3.05, 3.63) is 29.8 Å². The molecule has 0 spiro atoms. The average molecular weight is 256 g/mol. The van der Waals surface area contributed by atoms with Gasteiger partial charge in [-0.3, -0.25) is 4.79 Å². The number of halogens is 1. The number of amides is 1. The van der Waals surface area contributed by atoms with E-state index in [0.717, 1.165) is 17.7 Å². The Labute approximate surface area is 107 Å². The molecular formula is C13H18ClNO2. The standard InChI is InChI=1S/C13H18ClNO2/c1-15(13(16)6-8-14)9-7-11-4-3-5-12(10-11)17-2/h3-5,10H,6-9H2,1-2H3. The van der Waals surface area contributed by atoms with Crippen LogP contribution in [0.2, 0.25) is 0 Å². The summed E-state index contributed by atoms with van der Waals surface area (Å²) < 4.78 is 5.15. The fourth-order valence-electron chi connectivity index (χ4n) is 1.52. The summed E-state index contributed by atoms with van der Waals surface area (Å²) in [6.07, 6.45) is 1.22. The summed E-state index contributed by atoms with van der Waals surface area (Å²) in [5.41, 5.74) is 1.16. The Kier molecular flexibility index (Phi) is 5.84. The molecule has 94 valence electrons. The van der Waals surface area contributed by atoms with E-state index in [1.165, 1.54) is 0 Å². The molecule has 0 aliphatic carbocycles. The van der Waals surface area contributed by atoms with Crippen LogP contribution in [0.3, 0.4) is 0 Å². The van der Waals surface area contributed by atoms with Crippen LogP contribution >= 0.6 is 11.6 Å². The van der Waals surface area contributed by atoms with Crippen molar-refractivity contribution in [2.24, 2.45) is 0 Å². The van der Waals surface area contributed by atoms with Crippen molar-refractivity contribution < 1.29 is 9.53 Å². The van der Waals surface area contributed by atoms with Crippen molar-refractivity contribution >= 4 is 17.5 Å². The van der Waals surface area contributed by atoms with Crippen molar-refractivity contribution in [3.63, 3.8) is 0 Å². The lowest BCUT2D eigenvalue weighted by atomic mass is 10.1. The first-order valence-corrected chi connectivity index (χ1v) is 6.13. The second-order valence-electron chi connectivity index (χ2n) is 3.86. The van der Waals surface area contributed by atoms with Crippen molar-refractivity contribution in [2.45, 2.75) is 12.8 Å². The van der Waals surface area contributed by atoms with Gasteiger partial charge in [0.15, 0.2) is 0 Å². The molecule has 0 radical (unpaired) electrons. The van der Waals surface area contributed by atoms with Gasteiger partial charge in [-0.25, -0.2) is 0 Å². The van der Waals surface area contributed by atoms with E-state index in [1.807, 2.05) is 24.3 Å². The normalized spacial score (nSPS) is 10.1. The minimum atomic E-state index is 0.0860. The van der Waals surface area contributed by atoms with Gasteiger partial charge in [0.25, 0.3) is 0 Å². The van der Waals surface area contributed by atoms with Crippen LogP contribution in [-0.2, 0) is 11.2 Å². The molecular weight excluding hydrogens is 238 g/mol. The maximum absolute atomic E-state index is 11.5. The lowest BCUT2D eigenvalue weighted by Crippen LogP contribution is -2.28. The average Bonchev–Trinajstić information content (AvgIpc) is 2.36. The van der Waals surface area contributed by atoms with Gasteiger partial charge >= 0.3 is 0 Å². The molecule has 0 saturated heterocycles. The maximum atomic E-state index is 11.5. The van der Waals surface area contributed by atoms with Gasteiger partial charge < -0.3 is 9.64 Å². The molecule has 1 amide bonds. The van der Waals surface area contributed by atoms with Crippen LogP contribution in [0.5, 0.6) is 5.75 Å². The Morgan fingerprint density at radius 1 is 1.47 bits per heavy atom. The summed E-state index contributed by atoms with van der Waals surface area (Å²) in [7, 11) is 3.45. The highest BCUT2D eigenvalue weighted by atomic mass is 35.5. The van der Waals surface area contributed by atoms with Gasteiger partial charge in [-0.1, -0.05) is 12.1 Å². The van der Waals surface area contributed by atoms with Crippen LogP contribution in [0.1, 0.15) is 12.0 Å². The van der Waals surface area contributed by atoms with Crippen LogP contribution in [0, 0.1) is 0 Å². The predicted octanol–water partition coefficient (Wildman–Crippen LogP) is 2.33. The number of ether oxygens (including phenoxy) is 1. The fourth-order valence-corrected chi connectivity index (χ4v) is 1.68. The van der Waals surface area contributed by atoms with Gasteiger partial charge in [0, 0.05) is 25.9 Å². The smallest absolute Gasteiger partial charge is 0.223 e. The summed E-state index contributed by atoms with van der Waals surface area (Å²) in [6, 6.07) is 7.88. The van der Waals surface area contributed by atoms with E-state index in [4.69, 9.17) is 16.3 Å². The van der Waals surface area contributed by atoms with E-state index >= 15 is 0 Å². The fraction of sp³-hybridized carbons (Fsp3) is 0.462. The zero-order valence-corrected chi connectivity index (χ0v) is 11.0. The third-order valence-corrected chi connectivity index (χ3v) is 2.79. The minimum Gasteiger partial charge on any atom is -0.497 e. The number of carbonyl (C=O) groups is 1. The predicted molar refractivity (Wildman–Crippen MR) is 69.7 cm³/mol. The van der Waals surface area contributed by atoms with Crippen molar-refractivity contribution in [1.82, 2.24) is 4.90 Å². The molecule has 0 unspecified atom stereocenters. The highest BCUT2D eigenvalue weighted by Crippen LogP contribution is 2.13. The third-order valence-electron chi connectivity index (χ3n) is 2.60. The number of methoxy groups -OCH3 is 1. The molecule has 0 heterocycles. The van der Waals surface area contributed by atoms with Gasteiger partial charge in [0.05, 0.1) is 7.11 Å². The van der Waals surface area contributed by atoms with Crippen LogP contribution < -0.4 is 4.74 Å². The van der Waals surface area contributed by atoms with Gasteiger partial charge in [0.2, 0.25) is 5.91 Å². The van der Waals surface area contributed by atoms with Gasteiger partial charge in [-0.2, -0.15) is 0 Å². The van der Waals surface area contributed by atoms with E-state index < -0.39 is 0 Å². The molecule has 0 atom stereocenters. The van der Waals surface area contributed by atoms with Crippen LogP contribution in [-0.4, -0.2) is 37.4 Å². The molecule has 1 aromatic rings. The van der Waals surface area contributed by atoms with E-state index in [1.54, 1.807) is 19.1 Å². The molecule has 0 aliphatic rings. The third kappa shape index (κ3) is 4.65. The first kappa shape index (κ1) is 13.8. The molecule has 0 aliphatic heterocycles. The number of benzene rings is 1. The number of nitrogens with zero attached hydrogens (tertiary/aromatic N) is 1. The molecule has 4 heteroatoms. The monoisotopic (exact) mass is 255 g/mol. The van der Waals surface area contributed by atoms with Gasteiger partial charge in [0.1, 0.15) is 5.75 Å². The Morgan fingerprint density at radius 3 is 2.88 bits per heavy atom. The first-order chi connectivity index (χ1) is 8.17. The van der Waals surface area contributed by atoms with E-state index in [9.17, 15) is 4.79 Å². The number of alkyl halides is 1. The molecule has 0 fully saturated rings. The lowest BCUT2D eigenvalue weighted by molar-refractivity contribution is -0.129. The Balaban J connectivity index is 2.46. The molecule has 3 nitrogen and oxygen atoms in total. The molecule has 1 rings (SSSR count). The summed E-state index contributed by atoms with van der Waals surface area (Å²) in [6.45, 7) is 0.697. The van der Waals surface area contributed by atoms with E-state index in [-0.39, 0.29) is 5.91 Å². The summed E-state index contributed by atoms with van der Waals surface area (Å²) in [4.78, 5) is 13.2. The van der Waals surface area contributed by atoms with Crippen molar-refractivity contribution in [3.8, 4) is 5.75 Å². The maximum Gasteiger partial charge on any atom is 0.223 e. The highest BCUT2D eigenvalue weighted by molar-refractivity contribution is 6.18. The Bertz CT molecular complexity index is 368. The molecule has 0 bridgehead atoms. The molecule has 1 aromatic carbocycles. The number of hydrogen-bond donors (Lipinski definition) is 0. The van der Waals surface area contributed by atoms with Crippen LogP contribution in [0.15, 0.2) is 24.3 Å². The molecule has 0 N–H and O–H groups in total. The first-order valence-electron chi connectivity index (χ1n) is 5.60. The second kappa shape index (κ2) is 7.17. The summed E-state index contributed by atoms with van der Waals surface area (Å²) >= 11 is 5.53. The van der Waals surface area contributed by atoms with Crippen molar-refractivity contribution in [2.75, 3.05) is 26.6 Å². The number of rotatable bonds is 6. The number of hydrogen-bond acceptors (Lipinski definition) is 2. The van der Waals surface area contributed by atoms with E-state index in [2.05, 4.69) is 0 Å². The SMILES string of the molecule is COc1cccc(CCN(C)C(=O)CCCl)c1. The molecule has 17 heavy (non-hydrogen) atoms. The van der Waals surface area contributed by atoms with Crippen LogP contribution in [0.4, 0.5) is 0 Å². The number of likely N-dealkylation sites (N-methyl/N-ethyl adjacent to an activating group) is 1. The number of carbonyl (C=O) groups excluding carboxylic acids is 1. The lowest BCUT2D eigenvalue weighted by Gasteiger charge is -2.16. The Morgan fingerprint density at radius 2 is 2.24 bits per heavy atom. The largest absolute Gasteiger partial charge is 0.497 e. The minimum absolute atomic E-state index is 0.0860. The van der Waals surface area contributed by atoms with E-state index in [0.29, 0.717) is 18.8 Å². The summed E-state index contributed by atoms with van der Waals surface area (Å²) in [5.74, 6) is 1.31. The van der Waals surface area contributed by atoms with Gasteiger partial charge in [-0.15, -0.1) is 11.6 Å². The quantitative estimate of drug-likeness (QED) is 0.730. The molecule has 0 saturated carbocycles. The van der Waals surface area contributed by atoms with Crippen molar-refractivity contribution in [1.29, 1.82) is 0 Å². The molecule has 0 aromatic heterocycles. The zero-order chi connectivity index (χ0) is 12.7.